The van der Waals surface area contributed by atoms with Gasteiger partial charge in [0.1, 0.15) is 0 Å². The van der Waals surface area contributed by atoms with Crippen LogP contribution in [-0.2, 0) is 21.3 Å². The topological polar surface area (TPSA) is 113 Å². The molecule has 2 saturated heterocycles. The van der Waals surface area contributed by atoms with Crippen molar-refractivity contribution in [3.8, 4) is 5.88 Å². The fraction of sp³-hybridized carbons (Fsp3) is 0.524. The minimum absolute atomic E-state index is 0.117. The van der Waals surface area contributed by atoms with E-state index in [0.29, 0.717) is 62.9 Å². The number of allylic oxidation sites excluding steroid dienone is 2. The van der Waals surface area contributed by atoms with Crippen LogP contribution < -0.4 is 0 Å². The van der Waals surface area contributed by atoms with E-state index in [9.17, 15) is 14.7 Å². The van der Waals surface area contributed by atoms with Gasteiger partial charge in [0.2, 0.25) is 5.88 Å². The number of nitrogens with zero attached hydrogens (tertiary/aromatic N) is 6. The molecule has 2 amide bonds. The average molecular weight is 444 g/mol. The third-order valence-electron chi connectivity index (χ3n) is 5.66. The van der Waals surface area contributed by atoms with E-state index >= 15 is 0 Å². The molecule has 0 radical (unpaired) electrons. The van der Waals surface area contributed by atoms with Crippen molar-refractivity contribution >= 4 is 23.6 Å². The van der Waals surface area contributed by atoms with Crippen molar-refractivity contribution in [1.29, 1.82) is 0 Å². The quantitative estimate of drug-likeness (QED) is 0.621. The molecule has 1 aromatic heterocycles. The number of hydrogen-bond donors (Lipinski definition) is 1. The molecule has 2 fully saturated rings. The summed E-state index contributed by atoms with van der Waals surface area (Å²) in [5.41, 5.74) is 1.65. The molecule has 1 N–H and O–H groups in total. The second kappa shape index (κ2) is 9.63. The molecule has 1 aromatic rings. The molecule has 0 aromatic carbocycles. The van der Waals surface area contributed by atoms with E-state index in [1.54, 1.807) is 37.2 Å². The summed E-state index contributed by atoms with van der Waals surface area (Å²) in [5.74, 6) is -0.575. The zero-order valence-electron chi connectivity index (χ0n) is 18.4. The van der Waals surface area contributed by atoms with Crippen molar-refractivity contribution in [3.63, 3.8) is 0 Å². The number of rotatable bonds is 5. The van der Waals surface area contributed by atoms with Gasteiger partial charge in [0, 0.05) is 46.8 Å². The Hall–Kier alpha value is -3.02. The van der Waals surface area contributed by atoms with Crippen LogP contribution in [0.3, 0.4) is 0 Å². The summed E-state index contributed by atoms with van der Waals surface area (Å²) in [5, 5.41) is 20.3. The van der Waals surface area contributed by atoms with Gasteiger partial charge in [0.05, 0.1) is 43.3 Å². The van der Waals surface area contributed by atoms with Crippen molar-refractivity contribution in [3.05, 3.63) is 29.0 Å². The first-order valence-corrected chi connectivity index (χ1v) is 10.6. The Kier molecular flexibility index (Phi) is 6.68. The molecular weight excluding hydrogens is 416 g/mol. The summed E-state index contributed by atoms with van der Waals surface area (Å²) in [4.78, 5) is 29.3. The van der Waals surface area contributed by atoms with E-state index in [4.69, 9.17) is 9.47 Å². The lowest BCUT2D eigenvalue weighted by atomic mass is 10.1. The van der Waals surface area contributed by atoms with Crippen molar-refractivity contribution in [2.45, 2.75) is 0 Å². The third kappa shape index (κ3) is 4.59. The molecule has 32 heavy (non-hydrogen) atoms. The summed E-state index contributed by atoms with van der Waals surface area (Å²) in [6.45, 7) is 5.36. The maximum atomic E-state index is 12.9. The maximum Gasteiger partial charge on any atom is 0.275 e. The molecule has 0 atom stereocenters. The molecule has 11 heteroatoms. The Bertz CT molecular complexity index is 970. The molecule has 11 nitrogen and oxygen atoms in total. The second-order valence-electron chi connectivity index (χ2n) is 7.82. The van der Waals surface area contributed by atoms with E-state index in [0.717, 1.165) is 13.1 Å². The molecule has 0 unspecified atom stereocenters. The molecule has 4 heterocycles. The van der Waals surface area contributed by atoms with Crippen LogP contribution in [0.5, 0.6) is 5.88 Å². The van der Waals surface area contributed by atoms with Crippen LogP contribution >= 0.6 is 0 Å². The van der Waals surface area contributed by atoms with Gasteiger partial charge in [-0.05, 0) is 12.2 Å². The standard InChI is InChI=1S/C21H28N6O5/c1-24-19(28)15(17(22-24)14-26-6-10-31-11-7-26)4-3-5-16-18(23-25(2)20(16)29)21(30)27-8-12-32-13-9-27/h3-5,29H,6-14H2,1-2H3/b5-3?,15-4-. The first-order valence-electron chi connectivity index (χ1n) is 10.6. The smallest absolute Gasteiger partial charge is 0.275 e. The van der Waals surface area contributed by atoms with Gasteiger partial charge in [0.25, 0.3) is 11.8 Å². The molecule has 0 aliphatic carbocycles. The Balaban J connectivity index is 1.54. The molecule has 3 aliphatic heterocycles. The lowest BCUT2D eigenvalue weighted by Gasteiger charge is -2.26. The molecule has 0 bridgehead atoms. The monoisotopic (exact) mass is 444 g/mol. The minimum atomic E-state index is -0.261. The van der Waals surface area contributed by atoms with Gasteiger partial charge in [-0.2, -0.15) is 10.2 Å². The molecule has 3 aliphatic rings. The summed E-state index contributed by atoms with van der Waals surface area (Å²) in [7, 11) is 3.20. The van der Waals surface area contributed by atoms with Crippen LogP contribution in [0.1, 0.15) is 16.1 Å². The van der Waals surface area contributed by atoms with Crippen molar-refractivity contribution in [2.75, 3.05) is 66.2 Å². The Morgan fingerprint density at radius 1 is 1.09 bits per heavy atom. The zero-order chi connectivity index (χ0) is 22.7. The summed E-state index contributed by atoms with van der Waals surface area (Å²) in [6, 6.07) is 0. The highest BCUT2D eigenvalue weighted by atomic mass is 16.5. The fourth-order valence-corrected chi connectivity index (χ4v) is 3.83. The number of aromatic hydroxyl groups is 1. The molecular formula is C21H28N6O5. The predicted octanol–water partition coefficient (Wildman–Crippen LogP) is -0.302. The third-order valence-corrected chi connectivity index (χ3v) is 5.66. The molecule has 172 valence electrons. The van der Waals surface area contributed by atoms with E-state index in [2.05, 4.69) is 15.1 Å². The molecule has 4 rings (SSSR count). The van der Waals surface area contributed by atoms with Gasteiger partial charge in [-0.1, -0.05) is 6.08 Å². The van der Waals surface area contributed by atoms with Gasteiger partial charge in [-0.15, -0.1) is 0 Å². The highest BCUT2D eigenvalue weighted by molar-refractivity contribution is 6.25. The first-order chi connectivity index (χ1) is 15.5. The van der Waals surface area contributed by atoms with Gasteiger partial charge >= 0.3 is 0 Å². The van der Waals surface area contributed by atoms with Crippen molar-refractivity contribution in [2.24, 2.45) is 12.1 Å². The summed E-state index contributed by atoms with van der Waals surface area (Å²) in [6.07, 6.45) is 4.91. The average Bonchev–Trinajstić information content (AvgIpc) is 3.24. The Labute approximate surface area is 186 Å². The maximum absolute atomic E-state index is 12.9. The van der Waals surface area contributed by atoms with Gasteiger partial charge in [-0.3, -0.25) is 14.5 Å². The number of aromatic nitrogens is 2. The molecule has 0 spiro atoms. The lowest BCUT2D eigenvalue weighted by Crippen LogP contribution is -2.41. The molecule has 0 saturated carbocycles. The largest absolute Gasteiger partial charge is 0.493 e. The van der Waals surface area contributed by atoms with Crippen LogP contribution in [0.2, 0.25) is 0 Å². The minimum Gasteiger partial charge on any atom is -0.493 e. The number of ether oxygens (including phenoxy) is 2. The lowest BCUT2D eigenvalue weighted by molar-refractivity contribution is -0.124. The Morgan fingerprint density at radius 2 is 1.75 bits per heavy atom. The van der Waals surface area contributed by atoms with Gasteiger partial charge in [-0.25, -0.2) is 9.69 Å². The first kappa shape index (κ1) is 22.2. The predicted molar refractivity (Wildman–Crippen MR) is 116 cm³/mol. The number of likely N-dealkylation sites (N-methyl/N-ethyl adjacent to an activating group) is 1. The van der Waals surface area contributed by atoms with Gasteiger partial charge < -0.3 is 19.5 Å². The number of morpholine rings is 2. The van der Waals surface area contributed by atoms with Crippen LogP contribution in [0.4, 0.5) is 0 Å². The SMILES string of the molecule is CN1N=C(CN2CCOCC2)/C(=C/C=Cc2c(C(=O)N3CCOCC3)nn(C)c2O)C1=O. The fourth-order valence-electron chi connectivity index (χ4n) is 3.83. The summed E-state index contributed by atoms with van der Waals surface area (Å²) < 4.78 is 11.9. The van der Waals surface area contributed by atoms with E-state index in [-0.39, 0.29) is 23.4 Å². The zero-order valence-corrected chi connectivity index (χ0v) is 18.4. The van der Waals surface area contributed by atoms with Crippen LogP contribution in [0, 0.1) is 0 Å². The number of carbonyl (C=O) groups is 2. The van der Waals surface area contributed by atoms with E-state index in [1.807, 2.05) is 0 Å². The highest BCUT2D eigenvalue weighted by Crippen LogP contribution is 2.24. The second-order valence-corrected chi connectivity index (χ2v) is 7.82. The number of aryl methyl sites for hydroxylation is 1. The van der Waals surface area contributed by atoms with Crippen molar-refractivity contribution in [1.82, 2.24) is 24.6 Å². The van der Waals surface area contributed by atoms with Gasteiger partial charge in [0.15, 0.2) is 5.69 Å². The van der Waals surface area contributed by atoms with E-state index < -0.39 is 0 Å². The van der Waals surface area contributed by atoms with Crippen LogP contribution in [0.25, 0.3) is 6.08 Å². The van der Waals surface area contributed by atoms with Crippen molar-refractivity contribution < 1.29 is 24.2 Å². The number of hydrazone groups is 1. The Morgan fingerprint density at radius 3 is 2.44 bits per heavy atom. The number of amides is 2. The number of carbonyl (C=O) groups excluding carboxylic acids is 2. The highest BCUT2D eigenvalue weighted by Gasteiger charge is 2.29. The van der Waals surface area contributed by atoms with E-state index in [1.165, 1.54) is 9.69 Å². The normalized spacial score (nSPS) is 21.8. The van der Waals surface area contributed by atoms with Crippen LogP contribution in [-0.4, -0.2) is 113 Å². The van der Waals surface area contributed by atoms with Crippen LogP contribution in [0.15, 0.2) is 22.8 Å². The summed E-state index contributed by atoms with van der Waals surface area (Å²) >= 11 is 0. The number of hydrogen-bond acceptors (Lipinski definition) is 8.